The van der Waals surface area contributed by atoms with Gasteiger partial charge < -0.3 is 5.32 Å². The molecule has 0 fully saturated rings. The number of aryl methyl sites for hydroxylation is 1. The minimum Gasteiger partial charge on any atom is -0.344 e. The Balaban J connectivity index is 1.93. The molecule has 1 atom stereocenters. The zero-order valence-electron chi connectivity index (χ0n) is 18.0. The average Bonchev–Trinajstić information content (AvgIpc) is 2.76. The van der Waals surface area contributed by atoms with Crippen LogP contribution >= 0.6 is 0 Å². The number of amides is 1. The zero-order chi connectivity index (χ0) is 24.2. The normalized spacial score (nSPS) is 12.8. The quantitative estimate of drug-likeness (QED) is 0.538. The molecule has 1 unspecified atom stereocenters. The second kappa shape index (κ2) is 9.66. The van der Waals surface area contributed by atoms with Gasteiger partial charge in [0.25, 0.3) is 0 Å². The largest absolute Gasteiger partial charge is 0.416 e. The molecular weight excluding hydrogens is 453 g/mol. The lowest BCUT2D eigenvalue weighted by atomic mass is 9.95. The topological polar surface area (TPSA) is 66.5 Å². The van der Waals surface area contributed by atoms with Crippen molar-refractivity contribution in [3.63, 3.8) is 0 Å². The van der Waals surface area contributed by atoms with E-state index in [1.54, 1.807) is 0 Å². The highest BCUT2D eigenvalue weighted by Gasteiger charge is 2.32. The Hall–Kier alpha value is -3.33. The van der Waals surface area contributed by atoms with Crippen molar-refractivity contribution in [2.75, 3.05) is 17.1 Å². The number of alkyl halides is 3. The third-order valence-electron chi connectivity index (χ3n) is 5.09. The molecule has 33 heavy (non-hydrogen) atoms. The summed E-state index contributed by atoms with van der Waals surface area (Å²) in [7, 11) is -4.04. The number of hydrogen-bond donors (Lipinski definition) is 1. The van der Waals surface area contributed by atoms with Crippen molar-refractivity contribution in [3.05, 3.63) is 101 Å². The van der Waals surface area contributed by atoms with E-state index in [2.05, 4.69) is 5.32 Å². The van der Waals surface area contributed by atoms with Gasteiger partial charge in [-0.15, -0.1) is 0 Å². The van der Waals surface area contributed by atoms with Gasteiger partial charge in [0.2, 0.25) is 15.9 Å². The third kappa shape index (κ3) is 6.13. The number of halogens is 3. The molecule has 0 aromatic heterocycles. The van der Waals surface area contributed by atoms with Crippen molar-refractivity contribution < 1.29 is 26.4 Å². The smallest absolute Gasteiger partial charge is 0.344 e. The van der Waals surface area contributed by atoms with Crippen molar-refractivity contribution in [2.45, 2.75) is 19.1 Å². The van der Waals surface area contributed by atoms with Crippen LogP contribution in [0, 0.1) is 6.92 Å². The van der Waals surface area contributed by atoms with E-state index >= 15 is 0 Å². The molecule has 0 bridgehead atoms. The van der Waals surface area contributed by atoms with Gasteiger partial charge in [0.05, 0.1) is 23.5 Å². The number of hydrogen-bond acceptors (Lipinski definition) is 3. The summed E-state index contributed by atoms with van der Waals surface area (Å²) in [4.78, 5) is 13.0. The Kier molecular flexibility index (Phi) is 7.12. The number of benzene rings is 3. The summed E-state index contributed by atoms with van der Waals surface area (Å²) < 4.78 is 64.8. The van der Waals surface area contributed by atoms with Crippen molar-refractivity contribution in [1.29, 1.82) is 0 Å². The highest BCUT2D eigenvalue weighted by atomic mass is 32.2. The van der Waals surface area contributed by atoms with Crippen LogP contribution in [0.5, 0.6) is 0 Å². The van der Waals surface area contributed by atoms with Crippen LogP contribution in [0.1, 0.15) is 28.3 Å². The van der Waals surface area contributed by atoms with E-state index in [1.807, 2.05) is 61.5 Å². The monoisotopic (exact) mass is 476 g/mol. The highest BCUT2D eigenvalue weighted by Crippen LogP contribution is 2.32. The van der Waals surface area contributed by atoms with Gasteiger partial charge in [0.15, 0.2) is 0 Å². The first kappa shape index (κ1) is 24.3. The van der Waals surface area contributed by atoms with E-state index < -0.39 is 40.3 Å². The summed E-state index contributed by atoms with van der Waals surface area (Å²) in [5.74, 6) is -0.657. The Morgan fingerprint density at radius 3 is 2.21 bits per heavy atom. The zero-order valence-corrected chi connectivity index (χ0v) is 18.8. The van der Waals surface area contributed by atoms with Crippen LogP contribution in [-0.2, 0) is 21.0 Å². The van der Waals surface area contributed by atoms with Crippen molar-refractivity contribution in [2.24, 2.45) is 0 Å². The summed E-state index contributed by atoms with van der Waals surface area (Å²) in [5, 5.41) is 2.84. The third-order valence-corrected chi connectivity index (χ3v) is 6.23. The van der Waals surface area contributed by atoms with E-state index in [-0.39, 0.29) is 5.69 Å². The van der Waals surface area contributed by atoms with Gasteiger partial charge in [-0.1, -0.05) is 60.7 Å². The first-order valence-electron chi connectivity index (χ1n) is 10.0. The van der Waals surface area contributed by atoms with Gasteiger partial charge in [-0.3, -0.25) is 9.10 Å². The molecule has 5 nitrogen and oxygen atoms in total. The molecular formula is C24H23F3N2O3S. The standard InChI is InChI=1S/C24H23F3N2O3S/c1-17-9-6-7-14-21(17)23(18-10-4-3-5-11-18)28-22(30)16-29(33(2,31)32)20-13-8-12-19(15-20)24(25,26)27/h3-15,23H,16H2,1-2H3,(H,28,30). The predicted molar refractivity (Wildman–Crippen MR) is 121 cm³/mol. The molecule has 0 aliphatic heterocycles. The van der Waals surface area contributed by atoms with E-state index in [0.717, 1.165) is 35.1 Å². The van der Waals surface area contributed by atoms with Crippen LogP contribution < -0.4 is 9.62 Å². The van der Waals surface area contributed by atoms with Gasteiger partial charge in [0, 0.05) is 0 Å². The molecule has 0 saturated heterocycles. The van der Waals surface area contributed by atoms with Gasteiger partial charge in [-0.2, -0.15) is 13.2 Å². The van der Waals surface area contributed by atoms with E-state index in [0.29, 0.717) is 10.4 Å². The van der Waals surface area contributed by atoms with Crippen molar-refractivity contribution in [3.8, 4) is 0 Å². The molecule has 3 aromatic carbocycles. The molecule has 0 aliphatic rings. The summed E-state index contributed by atoms with van der Waals surface area (Å²) in [6.45, 7) is 1.22. The number of carbonyl (C=O) groups is 1. The Morgan fingerprint density at radius 2 is 1.61 bits per heavy atom. The Bertz CT molecular complexity index is 1230. The van der Waals surface area contributed by atoms with E-state index in [9.17, 15) is 26.4 Å². The molecule has 0 heterocycles. The first-order valence-corrected chi connectivity index (χ1v) is 11.9. The minimum absolute atomic E-state index is 0.241. The molecule has 3 rings (SSSR count). The molecule has 0 saturated carbocycles. The highest BCUT2D eigenvalue weighted by molar-refractivity contribution is 7.92. The number of anilines is 1. The maximum Gasteiger partial charge on any atom is 0.416 e. The average molecular weight is 477 g/mol. The predicted octanol–water partition coefficient (Wildman–Crippen LogP) is 4.69. The fourth-order valence-corrected chi connectivity index (χ4v) is 4.32. The molecule has 0 radical (unpaired) electrons. The maximum absolute atomic E-state index is 13.1. The van der Waals surface area contributed by atoms with Crippen LogP contribution in [-0.4, -0.2) is 27.1 Å². The van der Waals surface area contributed by atoms with Crippen LogP contribution in [0.4, 0.5) is 18.9 Å². The summed E-state index contributed by atoms with van der Waals surface area (Å²) in [5.41, 5.74) is 1.28. The van der Waals surface area contributed by atoms with Gasteiger partial charge in [-0.25, -0.2) is 8.42 Å². The molecule has 0 aliphatic carbocycles. The minimum atomic E-state index is -4.65. The lowest BCUT2D eigenvalue weighted by molar-refractivity contribution is -0.137. The molecule has 174 valence electrons. The van der Waals surface area contributed by atoms with E-state index in [4.69, 9.17) is 0 Å². The van der Waals surface area contributed by atoms with Gasteiger partial charge in [0.1, 0.15) is 6.54 Å². The Morgan fingerprint density at radius 1 is 0.970 bits per heavy atom. The lowest BCUT2D eigenvalue weighted by Gasteiger charge is -2.26. The van der Waals surface area contributed by atoms with Gasteiger partial charge >= 0.3 is 6.18 Å². The fraction of sp³-hybridized carbons (Fsp3) is 0.208. The molecule has 3 aromatic rings. The van der Waals surface area contributed by atoms with Crippen molar-refractivity contribution >= 4 is 21.6 Å². The molecule has 0 spiro atoms. The number of nitrogens with one attached hydrogen (secondary N) is 1. The maximum atomic E-state index is 13.1. The number of sulfonamides is 1. The molecule has 9 heteroatoms. The van der Waals surface area contributed by atoms with E-state index in [1.165, 1.54) is 6.07 Å². The fourth-order valence-electron chi connectivity index (χ4n) is 3.47. The van der Waals surface area contributed by atoms with Crippen molar-refractivity contribution in [1.82, 2.24) is 5.32 Å². The summed E-state index contributed by atoms with van der Waals surface area (Å²) in [6.07, 6.45) is -3.80. The number of carbonyl (C=O) groups excluding carboxylic acids is 1. The van der Waals surface area contributed by atoms with Gasteiger partial charge in [-0.05, 0) is 41.8 Å². The Labute approximate surface area is 190 Å². The lowest BCUT2D eigenvalue weighted by Crippen LogP contribution is -2.42. The van der Waals surface area contributed by atoms with Crippen LogP contribution in [0.3, 0.4) is 0 Å². The van der Waals surface area contributed by atoms with Crippen LogP contribution in [0.25, 0.3) is 0 Å². The summed E-state index contributed by atoms with van der Waals surface area (Å²) in [6, 6.07) is 19.9. The number of rotatable bonds is 7. The molecule has 1 N–H and O–H groups in total. The SMILES string of the molecule is Cc1ccccc1C(NC(=O)CN(c1cccc(C(F)(F)F)c1)S(C)(=O)=O)c1ccccc1. The second-order valence-corrected chi connectivity index (χ2v) is 9.49. The summed E-state index contributed by atoms with van der Waals surface area (Å²) >= 11 is 0. The van der Waals surface area contributed by atoms with Crippen LogP contribution in [0.15, 0.2) is 78.9 Å². The van der Waals surface area contributed by atoms with Crippen LogP contribution in [0.2, 0.25) is 0 Å². The second-order valence-electron chi connectivity index (χ2n) is 7.59. The first-order chi connectivity index (χ1) is 15.5. The molecule has 1 amide bonds. The number of nitrogens with zero attached hydrogens (tertiary/aromatic N) is 1.